The molecule has 0 atom stereocenters. The largest absolute Gasteiger partial charge is 0.496 e. The van der Waals surface area contributed by atoms with Crippen LogP contribution in [0, 0.1) is 6.92 Å². The molecule has 2 aromatic rings. The monoisotopic (exact) mass is 376 g/mol. The molecule has 3 N–H and O–H groups in total. The van der Waals surface area contributed by atoms with Gasteiger partial charge in [-0.3, -0.25) is 4.79 Å². The lowest BCUT2D eigenvalue weighted by molar-refractivity contribution is -0.124. The van der Waals surface area contributed by atoms with E-state index in [1.54, 1.807) is 0 Å². The smallest absolute Gasteiger partial charge is 0.342 e. The summed E-state index contributed by atoms with van der Waals surface area (Å²) in [5.41, 5.74) is 8.39. The Hall–Kier alpha value is -2.73. The van der Waals surface area contributed by atoms with E-state index in [2.05, 4.69) is 5.32 Å². The molecular weight excluding hydrogens is 356 g/mol. The van der Waals surface area contributed by atoms with Crippen molar-refractivity contribution < 1.29 is 19.1 Å². The van der Waals surface area contributed by atoms with Gasteiger partial charge in [0.15, 0.2) is 6.61 Å². The molecule has 0 spiro atoms. The van der Waals surface area contributed by atoms with E-state index in [0.717, 1.165) is 5.56 Å². The lowest BCUT2D eigenvalue weighted by Crippen LogP contribution is -2.30. The molecule has 0 radical (unpaired) electrons. The fourth-order valence-electron chi connectivity index (χ4n) is 2.38. The summed E-state index contributed by atoms with van der Waals surface area (Å²) in [4.78, 5) is 24.0. The minimum atomic E-state index is -0.710. The first-order valence-corrected chi connectivity index (χ1v) is 8.41. The summed E-state index contributed by atoms with van der Waals surface area (Å²) in [5, 5.41) is 2.93. The number of amides is 1. The highest BCUT2D eigenvalue weighted by molar-refractivity contribution is 6.33. The average Bonchev–Trinajstić information content (AvgIpc) is 2.63. The Morgan fingerprint density at radius 1 is 1.23 bits per heavy atom. The molecule has 0 bridgehead atoms. The first kappa shape index (κ1) is 19.6. The van der Waals surface area contributed by atoms with Gasteiger partial charge >= 0.3 is 5.97 Å². The maximum absolute atomic E-state index is 12.2. The Morgan fingerprint density at radius 3 is 2.65 bits per heavy atom. The van der Waals surface area contributed by atoms with Crippen molar-refractivity contribution in [3.8, 4) is 5.75 Å². The molecular formula is C19H21ClN2O4. The summed E-state index contributed by atoms with van der Waals surface area (Å²) in [7, 11) is 1.40. The van der Waals surface area contributed by atoms with Gasteiger partial charge in [-0.25, -0.2) is 4.79 Å². The molecule has 0 aliphatic carbocycles. The van der Waals surface area contributed by atoms with Gasteiger partial charge in [0.2, 0.25) is 0 Å². The van der Waals surface area contributed by atoms with Gasteiger partial charge < -0.3 is 20.5 Å². The van der Waals surface area contributed by atoms with Crippen molar-refractivity contribution >= 4 is 29.2 Å². The Balaban J connectivity index is 1.84. The highest BCUT2D eigenvalue weighted by atomic mass is 35.5. The number of ether oxygens (including phenoxy) is 2. The molecule has 0 heterocycles. The zero-order valence-electron chi connectivity index (χ0n) is 14.7. The Kier molecular flexibility index (Phi) is 6.86. The van der Waals surface area contributed by atoms with Crippen LogP contribution in [0.1, 0.15) is 21.5 Å². The van der Waals surface area contributed by atoms with E-state index in [1.165, 1.54) is 24.8 Å². The van der Waals surface area contributed by atoms with Crippen molar-refractivity contribution in [2.75, 3.05) is 26.0 Å². The number of benzene rings is 2. The minimum Gasteiger partial charge on any atom is -0.496 e. The Morgan fingerprint density at radius 2 is 1.96 bits per heavy atom. The fraction of sp³-hybridized carbons (Fsp3) is 0.263. The summed E-state index contributed by atoms with van der Waals surface area (Å²) in [6, 6.07) is 10.7. The van der Waals surface area contributed by atoms with E-state index < -0.39 is 12.6 Å². The molecule has 2 aromatic carbocycles. The topological polar surface area (TPSA) is 90.7 Å². The van der Waals surface area contributed by atoms with Crippen LogP contribution in [0.5, 0.6) is 5.75 Å². The second-order valence-electron chi connectivity index (χ2n) is 5.68. The van der Waals surface area contributed by atoms with Crippen LogP contribution in [0.3, 0.4) is 0 Å². The molecule has 0 fully saturated rings. The lowest BCUT2D eigenvalue weighted by Gasteiger charge is -2.11. The van der Waals surface area contributed by atoms with E-state index in [0.29, 0.717) is 13.0 Å². The third kappa shape index (κ3) is 5.13. The number of halogens is 1. The number of rotatable bonds is 7. The van der Waals surface area contributed by atoms with Crippen LogP contribution in [0.15, 0.2) is 36.4 Å². The zero-order valence-corrected chi connectivity index (χ0v) is 15.4. The molecule has 26 heavy (non-hydrogen) atoms. The van der Waals surface area contributed by atoms with Gasteiger partial charge in [-0.2, -0.15) is 0 Å². The third-order valence-corrected chi connectivity index (χ3v) is 4.18. The molecule has 6 nitrogen and oxygen atoms in total. The number of hydrogen-bond acceptors (Lipinski definition) is 5. The predicted molar refractivity (Wildman–Crippen MR) is 101 cm³/mol. The fourth-order valence-corrected chi connectivity index (χ4v) is 2.55. The normalized spacial score (nSPS) is 10.3. The summed E-state index contributed by atoms with van der Waals surface area (Å²) < 4.78 is 10.1. The molecule has 0 saturated carbocycles. The van der Waals surface area contributed by atoms with Crippen molar-refractivity contribution in [3.63, 3.8) is 0 Å². The van der Waals surface area contributed by atoms with Crippen LogP contribution >= 0.6 is 11.6 Å². The number of nitrogens with two attached hydrogens (primary N) is 1. The van der Waals surface area contributed by atoms with E-state index in [4.69, 9.17) is 26.8 Å². The quantitative estimate of drug-likeness (QED) is 0.572. The lowest BCUT2D eigenvalue weighted by atomic mass is 10.1. The number of aryl methyl sites for hydroxylation is 1. The van der Waals surface area contributed by atoms with Crippen LogP contribution in [0.4, 0.5) is 5.69 Å². The molecule has 0 unspecified atom stereocenters. The molecule has 1 amide bonds. The molecule has 138 valence electrons. The van der Waals surface area contributed by atoms with Gasteiger partial charge in [-0.05, 0) is 30.5 Å². The van der Waals surface area contributed by atoms with Crippen molar-refractivity contribution in [2.24, 2.45) is 0 Å². The van der Waals surface area contributed by atoms with E-state index in [9.17, 15) is 9.59 Å². The van der Waals surface area contributed by atoms with Gasteiger partial charge in [0, 0.05) is 12.6 Å². The van der Waals surface area contributed by atoms with Crippen molar-refractivity contribution in [3.05, 3.63) is 58.1 Å². The number of nitrogens with one attached hydrogen (secondary N) is 1. The minimum absolute atomic E-state index is 0.111. The van der Waals surface area contributed by atoms with Gasteiger partial charge in [0.1, 0.15) is 11.3 Å². The van der Waals surface area contributed by atoms with Crippen LogP contribution in [0.2, 0.25) is 5.02 Å². The van der Waals surface area contributed by atoms with Crippen LogP contribution in [0.25, 0.3) is 0 Å². The number of carbonyl (C=O) groups is 2. The van der Waals surface area contributed by atoms with Crippen molar-refractivity contribution in [1.82, 2.24) is 5.32 Å². The first-order valence-electron chi connectivity index (χ1n) is 8.03. The van der Waals surface area contributed by atoms with Gasteiger partial charge in [-0.1, -0.05) is 35.9 Å². The van der Waals surface area contributed by atoms with Crippen LogP contribution < -0.4 is 15.8 Å². The summed E-state index contributed by atoms with van der Waals surface area (Å²) in [5.74, 6) is -0.859. The number of nitrogen functional groups attached to an aromatic ring is 1. The number of hydrogen-bond donors (Lipinski definition) is 2. The number of methoxy groups -OCH3 is 1. The highest BCUT2D eigenvalue weighted by Crippen LogP contribution is 2.29. The summed E-state index contributed by atoms with van der Waals surface area (Å²) in [6.45, 7) is 2.08. The predicted octanol–water partition coefficient (Wildman–Crippen LogP) is 2.75. The van der Waals surface area contributed by atoms with Gasteiger partial charge in [-0.15, -0.1) is 0 Å². The zero-order chi connectivity index (χ0) is 19.1. The maximum Gasteiger partial charge on any atom is 0.342 e. The van der Waals surface area contributed by atoms with E-state index in [-0.39, 0.29) is 27.9 Å². The van der Waals surface area contributed by atoms with Crippen LogP contribution in [-0.4, -0.2) is 32.1 Å². The SMILES string of the molecule is COc1cc(N)c(Cl)cc1C(=O)OCC(=O)NCCc1ccccc1C. The Bertz CT molecular complexity index is 808. The Labute approximate surface area is 157 Å². The highest BCUT2D eigenvalue weighted by Gasteiger charge is 2.17. The molecule has 0 aliphatic heterocycles. The van der Waals surface area contributed by atoms with E-state index in [1.807, 2.05) is 31.2 Å². The third-order valence-electron chi connectivity index (χ3n) is 3.85. The number of anilines is 1. The second-order valence-corrected chi connectivity index (χ2v) is 6.08. The number of esters is 1. The molecule has 7 heteroatoms. The van der Waals surface area contributed by atoms with Crippen molar-refractivity contribution in [2.45, 2.75) is 13.3 Å². The summed E-state index contributed by atoms with van der Waals surface area (Å²) >= 11 is 5.92. The molecule has 0 aliphatic rings. The number of carbonyl (C=O) groups excluding carboxylic acids is 2. The maximum atomic E-state index is 12.2. The first-order chi connectivity index (χ1) is 12.4. The molecule has 0 saturated heterocycles. The molecule has 0 aromatic heterocycles. The van der Waals surface area contributed by atoms with Gasteiger partial charge in [0.25, 0.3) is 5.91 Å². The average molecular weight is 377 g/mol. The standard InChI is InChI=1S/C19H21ClN2O4/c1-12-5-3-4-6-13(12)7-8-22-18(23)11-26-19(24)14-9-15(20)16(21)10-17(14)25-2/h3-6,9-10H,7-8,11,21H2,1-2H3,(H,22,23). The van der Waals surface area contributed by atoms with Crippen LogP contribution in [-0.2, 0) is 16.0 Å². The van der Waals surface area contributed by atoms with Crippen molar-refractivity contribution in [1.29, 1.82) is 0 Å². The second kappa shape index (κ2) is 9.10. The summed E-state index contributed by atoms with van der Waals surface area (Å²) in [6.07, 6.45) is 0.702. The molecule has 2 rings (SSSR count). The van der Waals surface area contributed by atoms with Gasteiger partial charge in [0.05, 0.1) is 17.8 Å². The van der Waals surface area contributed by atoms with E-state index >= 15 is 0 Å².